The number of esters is 4. The highest BCUT2D eigenvalue weighted by molar-refractivity contribution is 5.74. The van der Waals surface area contributed by atoms with Gasteiger partial charge in [0.2, 0.25) is 0 Å². The number of hydrogen-bond acceptors (Lipinski definition) is 14. The van der Waals surface area contributed by atoms with Crippen molar-refractivity contribution >= 4 is 36.4 Å². The summed E-state index contributed by atoms with van der Waals surface area (Å²) >= 11 is 0. The van der Waals surface area contributed by atoms with Crippen molar-refractivity contribution in [2.45, 2.75) is 51.5 Å². The number of aldehydes is 2. The van der Waals surface area contributed by atoms with Crippen molar-refractivity contribution in [2.75, 3.05) is 13.2 Å². The molecule has 0 amide bonds. The molecule has 0 rings (SSSR count). The van der Waals surface area contributed by atoms with Gasteiger partial charge in [0, 0.05) is 27.7 Å². The van der Waals surface area contributed by atoms with Gasteiger partial charge in [-0.05, 0) is 0 Å². The summed E-state index contributed by atoms with van der Waals surface area (Å²) in [6, 6.07) is 0. The molecular weight excluding hydrogens is 416 g/mol. The summed E-state index contributed by atoms with van der Waals surface area (Å²) in [5.74, 6) is -10.4. The van der Waals surface area contributed by atoms with Crippen LogP contribution in [0.2, 0.25) is 0 Å². The quantitative estimate of drug-likeness (QED) is 0.0776. The number of carbonyl (C=O) groups excluding carboxylic acids is 6. The zero-order valence-corrected chi connectivity index (χ0v) is 16.5. The number of aliphatic hydroxyl groups is 2. The summed E-state index contributed by atoms with van der Waals surface area (Å²) in [4.78, 5) is 78.1. The van der Waals surface area contributed by atoms with Crippen LogP contribution >= 0.6 is 0 Å². The van der Waals surface area contributed by atoms with Crippen LogP contribution < -0.4 is 0 Å². The lowest BCUT2D eigenvalue weighted by atomic mass is 10.1. The molecular formula is C16H22O14. The standard InChI is InChI=1S/C16H22O14/c1-9(21)25-13(5-17)15(7-19,27-11(3)23)29-30-16(8-20,28-12(4)24)14(6-18)26-10(2)22/h7-8,13-14,17-18H,5-6H2,1-4H3. The van der Waals surface area contributed by atoms with E-state index in [0.29, 0.717) is 0 Å². The molecule has 0 aromatic carbocycles. The predicted octanol–water partition coefficient (Wildman–Crippen LogP) is -2.30. The van der Waals surface area contributed by atoms with Crippen molar-refractivity contribution in [3.8, 4) is 0 Å². The Morgan fingerprint density at radius 1 is 0.700 bits per heavy atom. The predicted molar refractivity (Wildman–Crippen MR) is 88.6 cm³/mol. The third-order valence-electron chi connectivity index (χ3n) is 3.08. The van der Waals surface area contributed by atoms with E-state index in [0.717, 1.165) is 27.7 Å². The fourth-order valence-corrected chi connectivity index (χ4v) is 1.99. The Morgan fingerprint density at radius 3 is 1.17 bits per heavy atom. The van der Waals surface area contributed by atoms with Crippen molar-refractivity contribution in [2.24, 2.45) is 0 Å². The van der Waals surface area contributed by atoms with Crippen LogP contribution in [-0.4, -0.2) is 83.7 Å². The van der Waals surface area contributed by atoms with Crippen LogP contribution in [0, 0.1) is 0 Å². The van der Waals surface area contributed by atoms with E-state index in [9.17, 15) is 39.0 Å². The summed E-state index contributed by atoms with van der Waals surface area (Å²) in [7, 11) is 0. The minimum atomic E-state index is -2.99. The first-order valence-corrected chi connectivity index (χ1v) is 8.16. The minimum Gasteiger partial charge on any atom is -0.452 e. The van der Waals surface area contributed by atoms with E-state index in [-0.39, 0.29) is 12.6 Å². The van der Waals surface area contributed by atoms with Gasteiger partial charge in [-0.25, -0.2) is 0 Å². The molecule has 170 valence electrons. The van der Waals surface area contributed by atoms with Crippen LogP contribution in [0.1, 0.15) is 27.7 Å². The molecule has 0 aliphatic carbocycles. The Morgan fingerprint density at radius 2 is 1.00 bits per heavy atom. The van der Waals surface area contributed by atoms with E-state index < -0.39 is 60.9 Å². The molecule has 0 saturated heterocycles. The van der Waals surface area contributed by atoms with E-state index in [1.807, 2.05) is 0 Å². The first-order chi connectivity index (χ1) is 13.9. The smallest absolute Gasteiger partial charge is 0.337 e. The van der Waals surface area contributed by atoms with Crippen molar-refractivity contribution in [3.63, 3.8) is 0 Å². The molecule has 0 heterocycles. The fourth-order valence-electron chi connectivity index (χ4n) is 1.99. The highest BCUT2D eigenvalue weighted by Gasteiger charge is 2.54. The molecule has 0 aromatic rings. The van der Waals surface area contributed by atoms with Crippen LogP contribution in [-0.2, 0) is 57.5 Å². The Bertz CT molecular complexity index is 604. The number of ether oxygens (including phenoxy) is 4. The Kier molecular flexibility index (Phi) is 10.7. The summed E-state index contributed by atoms with van der Waals surface area (Å²) in [6.45, 7) is 1.15. The van der Waals surface area contributed by atoms with Crippen LogP contribution in [0.3, 0.4) is 0 Å². The van der Waals surface area contributed by atoms with Crippen LogP contribution in [0.5, 0.6) is 0 Å². The van der Waals surface area contributed by atoms with Gasteiger partial charge in [-0.1, -0.05) is 0 Å². The molecule has 0 aliphatic rings. The number of carbonyl (C=O) groups is 6. The number of aliphatic hydroxyl groups excluding tert-OH is 2. The van der Waals surface area contributed by atoms with Crippen molar-refractivity contribution < 1.29 is 67.7 Å². The van der Waals surface area contributed by atoms with Gasteiger partial charge < -0.3 is 29.2 Å². The normalized spacial score (nSPS) is 16.6. The van der Waals surface area contributed by atoms with Gasteiger partial charge in [0.25, 0.3) is 0 Å². The molecule has 0 bridgehead atoms. The SMILES string of the molecule is CC(=O)OC(CO)C(C=O)(OOC(C=O)(OC(C)=O)C(CO)OC(C)=O)OC(C)=O. The summed E-state index contributed by atoms with van der Waals surface area (Å²) < 4.78 is 18.6. The van der Waals surface area contributed by atoms with E-state index >= 15 is 0 Å². The fraction of sp³-hybridized carbons (Fsp3) is 0.625. The van der Waals surface area contributed by atoms with Gasteiger partial charge in [0.15, 0.2) is 24.8 Å². The van der Waals surface area contributed by atoms with Crippen molar-refractivity contribution in [1.29, 1.82) is 0 Å². The first kappa shape index (κ1) is 27.1. The van der Waals surface area contributed by atoms with E-state index in [2.05, 4.69) is 18.9 Å². The average Bonchev–Trinajstić information content (AvgIpc) is 2.65. The van der Waals surface area contributed by atoms with Gasteiger partial charge in [0.1, 0.15) is 0 Å². The van der Waals surface area contributed by atoms with Gasteiger partial charge in [0.05, 0.1) is 13.2 Å². The number of hydrogen-bond donors (Lipinski definition) is 2. The second-order valence-electron chi connectivity index (χ2n) is 5.59. The highest BCUT2D eigenvalue weighted by atomic mass is 17.3. The monoisotopic (exact) mass is 438 g/mol. The molecule has 0 radical (unpaired) electrons. The van der Waals surface area contributed by atoms with E-state index in [1.165, 1.54) is 0 Å². The molecule has 0 fully saturated rings. The third kappa shape index (κ3) is 7.47. The molecule has 14 heteroatoms. The lowest BCUT2D eigenvalue weighted by molar-refractivity contribution is -0.484. The molecule has 14 nitrogen and oxygen atoms in total. The third-order valence-corrected chi connectivity index (χ3v) is 3.08. The maximum atomic E-state index is 11.7. The summed E-state index contributed by atoms with van der Waals surface area (Å²) in [5, 5.41) is 18.9. The van der Waals surface area contributed by atoms with Gasteiger partial charge >= 0.3 is 35.5 Å². The Hall–Kier alpha value is -2.94. The molecule has 0 saturated carbocycles. The van der Waals surface area contributed by atoms with Gasteiger partial charge in [-0.3, -0.25) is 28.8 Å². The first-order valence-electron chi connectivity index (χ1n) is 8.16. The maximum absolute atomic E-state index is 11.7. The maximum Gasteiger partial charge on any atom is 0.337 e. The molecule has 4 unspecified atom stereocenters. The second-order valence-corrected chi connectivity index (χ2v) is 5.59. The summed E-state index contributed by atoms with van der Waals surface area (Å²) in [5.41, 5.74) is 0. The lowest BCUT2D eigenvalue weighted by Crippen LogP contribution is -2.59. The number of rotatable bonds is 13. The molecule has 0 aromatic heterocycles. The second kappa shape index (κ2) is 11.9. The Labute approximate surface area is 169 Å². The lowest BCUT2D eigenvalue weighted by Gasteiger charge is -2.36. The molecule has 4 atom stereocenters. The van der Waals surface area contributed by atoms with Crippen molar-refractivity contribution in [1.82, 2.24) is 0 Å². The van der Waals surface area contributed by atoms with Crippen LogP contribution in [0.15, 0.2) is 0 Å². The topological polar surface area (TPSA) is 198 Å². The average molecular weight is 438 g/mol. The zero-order valence-electron chi connectivity index (χ0n) is 16.5. The minimum absolute atomic E-state index is 0.249. The molecule has 0 aliphatic heterocycles. The largest absolute Gasteiger partial charge is 0.452 e. The van der Waals surface area contributed by atoms with Crippen molar-refractivity contribution in [3.05, 3.63) is 0 Å². The highest BCUT2D eigenvalue weighted by Crippen LogP contribution is 2.27. The van der Waals surface area contributed by atoms with Gasteiger partial charge in [-0.15, -0.1) is 0 Å². The molecule has 0 spiro atoms. The Balaban J connectivity index is 6.23. The molecule has 30 heavy (non-hydrogen) atoms. The van der Waals surface area contributed by atoms with Crippen LogP contribution in [0.4, 0.5) is 0 Å². The molecule has 2 N–H and O–H groups in total. The summed E-state index contributed by atoms with van der Waals surface area (Å²) in [6.07, 6.45) is -4.50. The van der Waals surface area contributed by atoms with E-state index in [4.69, 9.17) is 9.78 Å². The zero-order chi connectivity index (χ0) is 23.5. The van der Waals surface area contributed by atoms with Gasteiger partial charge in [-0.2, -0.15) is 9.78 Å². The van der Waals surface area contributed by atoms with E-state index in [1.54, 1.807) is 0 Å². The van der Waals surface area contributed by atoms with Crippen LogP contribution in [0.25, 0.3) is 0 Å².